The van der Waals surface area contributed by atoms with Crippen molar-refractivity contribution in [1.82, 2.24) is 10.6 Å². The molecule has 16 heavy (non-hydrogen) atoms. The van der Waals surface area contributed by atoms with Crippen LogP contribution in [-0.2, 0) is 4.79 Å². The van der Waals surface area contributed by atoms with Crippen molar-refractivity contribution in [2.24, 2.45) is 5.92 Å². The summed E-state index contributed by atoms with van der Waals surface area (Å²) in [6, 6.07) is 0. The zero-order chi connectivity index (χ0) is 11.6. The second-order valence-electron chi connectivity index (χ2n) is 4.41. The molecule has 0 aromatic rings. The average molecular weight is 222 g/mol. The van der Waals surface area contributed by atoms with Gasteiger partial charge >= 0.3 is 0 Å². The van der Waals surface area contributed by atoms with Crippen molar-refractivity contribution in [3.8, 4) is 12.3 Å². The number of carbonyl (C=O) groups is 1. The Kier molecular flexibility index (Phi) is 6.67. The second-order valence-corrected chi connectivity index (χ2v) is 4.41. The summed E-state index contributed by atoms with van der Waals surface area (Å²) in [7, 11) is 0. The van der Waals surface area contributed by atoms with Crippen molar-refractivity contribution in [2.45, 2.75) is 38.5 Å². The SMILES string of the molecule is C#CCCCCNC(=O)CCC1CCNC1. The molecule has 0 radical (unpaired) electrons. The first-order valence-corrected chi connectivity index (χ1v) is 6.24. The lowest BCUT2D eigenvalue weighted by molar-refractivity contribution is -0.121. The molecular formula is C13H22N2O. The van der Waals surface area contributed by atoms with Crippen molar-refractivity contribution < 1.29 is 4.79 Å². The molecule has 1 atom stereocenters. The van der Waals surface area contributed by atoms with Gasteiger partial charge in [-0.3, -0.25) is 4.79 Å². The second kappa shape index (κ2) is 8.18. The van der Waals surface area contributed by atoms with Gasteiger partial charge in [0.25, 0.3) is 0 Å². The molecule has 1 amide bonds. The summed E-state index contributed by atoms with van der Waals surface area (Å²) >= 11 is 0. The van der Waals surface area contributed by atoms with Gasteiger partial charge in [0.1, 0.15) is 0 Å². The molecule has 1 fully saturated rings. The van der Waals surface area contributed by atoms with Gasteiger partial charge in [-0.25, -0.2) is 0 Å². The number of terminal acetylenes is 1. The van der Waals surface area contributed by atoms with E-state index >= 15 is 0 Å². The highest BCUT2D eigenvalue weighted by Crippen LogP contribution is 2.13. The van der Waals surface area contributed by atoms with Crippen molar-refractivity contribution >= 4 is 5.91 Å². The van der Waals surface area contributed by atoms with Crippen LogP contribution >= 0.6 is 0 Å². The van der Waals surface area contributed by atoms with Crippen LogP contribution in [-0.4, -0.2) is 25.5 Å². The normalized spacial score (nSPS) is 19.3. The summed E-state index contributed by atoms with van der Waals surface area (Å²) in [5.74, 6) is 3.49. The Morgan fingerprint density at radius 1 is 1.50 bits per heavy atom. The lowest BCUT2D eigenvalue weighted by Gasteiger charge is -2.08. The topological polar surface area (TPSA) is 41.1 Å². The summed E-state index contributed by atoms with van der Waals surface area (Å²) < 4.78 is 0. The van der Waals surface area contributed by atoms with Crippen LogP contribution < -0.4 is 10.6 Å². The minimum Gasteiger partial charge on any atom is -0.356 e. The smallest absolute Gasteiger partial charge is 0.220 e. The third-order valence-electron chi connectivity index (χ3n) is 3.01. The molecule has 0 spiro atoms. The van der Waals surface area contributed by atoms with Gasteiger partial charge in [0.2, 0.25) is 5.91 Å². The van der Waals surface area contributed by atoms with Crippen LogP contribution in [0.2, 0.25) is 0 Å². The molecule has 2 N–H and O–H groups in total. The van der Waals surface area contributed by atoms with Crippen molar-refractivity contribution in [1.29, 1.82) is 0 Å². The largest absolute Gasteiger partial charge is 0.356 e. The number of rotatable bonds is 7. The number of carbonyl (C=O) groups excluding carboxylic acids is 1. The molecule has 0 aromatic heterocycles. The predicted octanol–water partition coefficient (Wildman–Crippen LogP) is 1.30. The van der Waals surface area contributed by atoms with Crippen LogP contribution in [0.4, 0.5) is 0 Å². The molecular weight excluding hydrogens is 200 g/mol. The number of unbranched alkanes of at least 4 members (excludes halogenated alkanes) is 2. The minimum atomic E-state index is 0.188. The molecule has 1 aliphatic heterocycles. The van der Waals surface area contributed by atoms with E-state index in [1.807, 2.05) is 0 Å². The van der Waals surface area contributed by atoms with E-state index in [1.54, 1.807) is 0 Å². The summed E-state index contributed by atoms with van der Waals surface area (Å²) in [6.45, 7) is 2.96. The third kappa shape index (κ3) is 5.77. The molecule has 0 bridgehead atoms. The quantitative estimate of drug-likeness (QED) is 0.503. The molecule has 1 unspecified atom stereocenters. The number of nitrogens with one attached hydrogen (secondary N) is 2. The maximum Gasteiger partial charge on any atom is 0.220 e. The van der Waals surface area contributed by atoms with Gasteiger partial charge in [-0.05, 0) is 44.7 Å². The van der Waals surface area contributed by atoms with Crippen LogP contribution in [0.25, 0.3) is 0 Å². The summed E-state index contributed by atoms with van der Waals surface area (Å²) in [4.78, 5) is 11.5. The highest BCUT2D eigenvalue weighted by atomic mass is 16.1. The van der Waals surface area contributed by atoms with Gasteiger partial charge in [-0.15, -0.1) is 12.3 Å². The van der Waals surface area contributed by atoms with E-state index in [4.69, 9.17) is 6.42 Å². The molecule has 0 saturated carbocycles. The molecule has 1 heterocycles. The molecule has 1 rings (SSSR count). The van der Waals surface area contributed by atoms with Gasteiger partial charge in [-0.1, -0.05) is 0 Å². The van der Waals surface area contributed by atoms with E-state index in [9.17, 15) is 4.79 Å². The molecule has 1 saturated heterocycles. The Balaban J connectivity index is 1.92. The Bertz CT molecular complexity index is 239. The fourth-order valence-corrected chi connectivity index (χ4v) is 1.96. The summed E-state index contributed by atoms with van der Waals surface area (Å²) in [6.07, 6.45) is 10.8. The third-order valence-corrected chi connectivity index (χ3v) is 3.01. The molecule has 0 aliphatic carbocycles. The van der Waals surface area contributed by atoms with E-state index < -0.39 is 0 Å². The highest BCUT2D eigenvalue weighted by molar-refractivity contribution is 5.75. The van der Waals surface area contributed by atoms with Crippen molar-refractivity contribution in [3.05, 3.63) is 0 Å². The maximum atomic E-state index is 11.5. The lowest BCUT2D eigenvalue weighted by atomic mass is 10.0. The Morgan fingerprint density at radius 3 is 3.06 bits per heavy atom. The van der Waals surface area contributed by atoms with Crippen LogP contribution in [0, 0.1) is 18.3 Å². The molecule has 1 aliphatic rings. The average Bonchev–Trinajstić information content (AvgIpc) is 2.79. The molecule has 3 nitrogen and oxygen atoms in total. The Hall–Kier alpha value is -1.01. The van der Waals surface area contributed by atoms with Crippen LogP contribution in [0.15, 0.2) is 0 Å². The first-order valence-electron chi connectivity index (χ1n) is 6.24. The molecule has 90 valence electrons. The van der Waals surface area contributed by atoms with E-state index in [1.165, 1.54) is 6.42 Å². The molecule has 3 heteroatoms. The monoisotopic (exact) mass is 222 g/mol. The Labute approximate surface area is 98.4 Å². The zero-order valence-corrected chi connectivity index (χ0v) is 9.93. The maximum absolute atomic E-state index is 11.5. The van der Waals surface area contributed by atoms with Gasteiger partial charge < -0.3 is 10.6 Å². The van der Waals surface area contributed by atoms with Gasteiger partial charge in [0.15, 0.2) is 0 Å². The summed E-state index contributed by atoms with van der Waals surface area (Å²) in [5, 5.41) is 6.25. The van der Waals surface area contributed by atoms with Crippen LogP contribution in [0.1, 0.15) is 38.5 Å². The van der Waals surface area contributed by atoms with Gasteiger partial charge in [0.05, 0.1) is 0 Å². The number of hydrogen-bond acceptors (Lipinski definition) is 2. The van der Waals surface area contributed by atoms with Crippen LogP contribution in [0.3, 0.4) is 0 Å². The van der Waals surface area contributed by atoms with Crippen LogP contribution in [0.5, 0.6) is 0 Å². The van der Waals surface area contributed by atoms with E-state index in [0.717, 1.165) is 45.3 Å². The standard InChI is InChI=1S/C13H22N2O/c1-2-3-4-5-9-15-13(16)7-6-12-8-10-14-11-12/h1,12,14H,3-11H2,(H,15,16). The zero-order valence-electron chi connectivity index (χ0n) is 9.93. The summed E-state index contributed by atoms with van der Waals surface area (Å²) in [5.41, 5.74) is 0. The fraction of sp³-hybridized carbons (Fsp3) is 0.769. The molecule has 0 aromatic carbocycles. The van der Waals surface area contributed by atoms with Crippen molar-refractivity contribution in [3.63, 3.8) is 0 Å². The Morgan fingerprint density at radius 2 is 2.38 bits per heavy atom. The van der Waals surface area contributed by atoms with E-state index in [0.29, 0.717) is 12.3 Å². The fourth-order valence-electron chi connectivity index (χ4n) is 1.96. The van der Waals surface area contributed by atoms with E-state index in [2.05, 4.69) is 16.6 Å². The van der Waals surface area contributed by atoms with Gasteiger partial charge in [-0.2, -0.15) is 0 Å². The lowest BCUT2D eigenvalue weighted by Crippen LogP contribution is -2.25. The van der Waals surface area contributed by atoms with Crippen molar-refractivity contribution in [2.75, 3.05) is 19.6 Å². The number of hydrogen-bond donors (Lipinski definition) is 2. The minimum absolute atomic E-state index is 0.188. The van der Waals surface area contributed by atoms with Gasteiger partial charge in [0, 0.05) is 19.4 Å². The van der Waals surface area contributed by atoms with E-state index in [-0.39, 0.29) is 5.91 Å². The predicted molar refractivity (Wildman–Crippen MR) is 65.9 cm³/mol. The number of amides is 1. The first kappa shape index (κ1) is 13.1. The highest BCUT2D eigenvalue weighted by Gasteiger charge is 2.15. The first-order chi connectivity index (χ1) is 7.83.